The summed E-state index contributed by atoms with van der Waals surface area (Å²) in [7, 11) is 0. The molecule has 12 nitrogen and oxygen atoms in total. The van der Waals surface area contributed by atoms with Gasteiger partial charge in [0, 0.05) is 17.4 Å². The Morgan fingerprint density at radius 1 is 1.26 bits per heavy atom. The number of hydrogen-bond donors (Lipinski definition) is 1. The summed E-state index contributed by atoms with van der Waals surface area (Å²) in [5.74, 6) is -0.641. The number of hydrogen-bond acceptors (Lipinski definition) is 8. The average Bonchev–Trinajstić information content (AvgIpc) is 3.41. The molecular weight excluding hydrogens is 452 g/mol. The van der Waals surface area contributed by atoms with E-state index in [4.69, 9.17) is 9.47 Å². The van der Waals surface area contributed by atoms with E-state index < -0.39 is 29.9 Å². The molecule has 1 aromatic carbocycles. The van der Waals surface area contributed by atoms with Crippen molar-refractivity contribution in [3.63, 3.8) is 0 Å². The fourth-order valence-corrected chi connectivity index (χ4v) is 4.59. The minimum Gasteiger partial charge on any atom is -0.457 e. The normalized spacial score (nSPS) is 23.6. The molecule has 0 aliphatic carbocycles. The van der Waals surface area contributed by atoms with Crippen LogP contribution in [0.25, 0.3) is 21.6 Å². The van der Waals surface area contributed by atoms with Crippen molar-refractivity contribution in [2.24, 2.45) is 5.11 Å². The maximum Gasteiger partial charge on any atom is 0.303 e. The summed E-state index contributed by atoms with van der Waals surface area (Å²) < 4.78 is 13.7. The van der Waals surface area contributed by atoms with Crippen LogP contribution >= 0.6 is 0 Å². The average molecular weight is 479 g/mol. The van der Waals surface area contributed by atoms with E-state index in [1.165, 1.54) is 19.6 Å². The van der Waals surface area contributed by atoms with Gasteiger partial charge in [-0.25, -0.2) is 15.0 Å². The van der Waals surface area contributed by atoms with Crippen LogP contribution in [-0.4, -0.2) is 49.1 Å². The van der Waals surface area contributed by atoms with Gasteiger partial charge in [-0.05, 0) is 30.5 Å². The van der Waals surface area contributed by atoms with Crippen LogP contribution in [0.5, 0.6) is 0 Å². The number of anilines is 1. The summed E-state index contributed by atoms with van der Waals surface area (Å²) in [5.41, 5.74) is 9.60. The number of amides is 1. The number of ether oxygens (including phenoxy) is 2. The van der Waals surface area contributed by atoms with E-state index >= 15 is 0 Å². The molecule has 1 saturated heterocycles. The van der Waals surface area contributed by atoms with Gasteiger partial charge >= 0.3 is 5.97 Å². The summed E-state index contributed by atoms with van der Waals surface area (Å²) in [6, 6.07) is 7.99. The first kappa shape index (κ1) is 24.1. The van der Waals surface area contributed by atoms with Gasteiger partial charge in [0.15, 0.2) is 29.3 Å². The molecule has 1 aliphatic rings. The molecule has 0 unspecified atom stereocenters. The minimum absolute atomic E-state index is 0.228. The highest BCUT2D eigenvalue weighted by molar-refractivity contribution is 6.06. The van der Waals surface area contributed by atoms with Crippen LogP contribution in [0.1, 0.15) is 56.6 Å². The molecule has 1 amide bonds. The molecule has 182 valence electrons. The Bertz CT molecular complexity index is 1270. The van der Waals surface area contributed by atoms with Crippen molar-refractivity contribution in [2.75, 3.05) is 5.32 Å². The third-order valence-electron chi connectivity index (χ3n) is 6.14. The first-order valence-electron chi connectivity index (χ1n) is 11.4. The van der Waals surface area contributed by atoms with Gasteiger partial charge < -0.3 is 14.8 Å². The minimum atomic E-state index is -0.898. The lowest BCUT2D eigenvalue weighted by atomic mass is 9.86. The van der Waals surface area contributed by atoms with Crippen molar-refractivity contribution in [1.82, 2.24) is 19.5 Å². The van der Waals surface area contributed by atoms with Crippen LogP contribution in [0.2, 0.25) is 0 Å². The molecule has 3 heterocycles. The Labute approximate surface area is 201 Å². The molecule has 35 heavy (non-hydrogen) atoms. The van der Waals surface area contributed by atoms with Crippen molar-refractivity contribution in [3.8, 4) is 0 Å². The van der Waals surface area contributed by atoms with Crippen LogP contribution in [0, 0.1) is 0 Å². The van der Waals surface area contributed by atoms with Gasteiger partial charge in [-0.15, -0.1) is 0 Å². The maximum atomic E-state index is 12.7. The molecule has 1 fully saturated rings. The zero-order chi connectivity index (χ0) is 25.0. The Balaban J connectivity index is 1.75. The van der Waals surface area contributed by atoms with Crippen LogP contribution in [-0.2, 0) is 14.3 Å². The standard InChI is InChI=1S/C23H26N8O4/c1-4-11-23(5-2)18(29-30-24)17(34-14(3)32)22(35-23)31-13-27-16-19(25-12-26-20(16)31)28-21(33)15-9-7-6-8-10-15/h6-10,12-13,17-18,22H,4-5,11H2,1-3H3,(H,25,26,28,33)/t17-,18+,22-,23+/m1/s1. The number of imidazole rings is 1. The van der Waals surface area contributed by atoms with E-state index in [1.807, 2.05) is 19.9 Å². The molecule has 0 radical (unpaired) electrons. The van der Waals surface area contributed by atoms with E-state index in [2.05, 4.69) is 30.3 Å². The molecule has 2 aromatic heterocycles. The lowest BCUT2D eigenvalue weighted by Crippen LogP contribution is -2.42. The highest BCUT2D eigenvalue weighted by atomic mass is 16.6. The summed E-state index contributed by atoms with van der Waals surface area (Å²) >= 11 is 0. The quantitative estimate of drug-likeness (QED) is 0.220. The molecule has 1 N–H and O–H groups in total. The first-order valence-corrected chi connectivity index (χ1v) is 11.4. The Kier molecular flexibility index (Phi) is 6.94. The van der Waals surface area contributed by atoms with E-state index in [-0.39, 0.29) is 11.7 Å². The molecule has 1 aliphatic heterocycles. The highest BCUT2D eigenvalue weighted by Crippen LogP contribution is 2.46. The molecule has 4 rings (SSSR count). The molecule has 0 spiro atoms. The van der Waals surface area contributed by atoms with E-state index in [0.717, 1.165) is 6.42 Å². The second-order valence-corrected chi connectivity index (χ2v) is 8.27. The molecular formula is C23H26N8O4. The maximum absolute atomic E-state index is 12.7. The number of nitrogens with zero attached hydrogens (tertiary/aromatic N) is 7. The SMILES string of the molecule is CCC[C@]1(CC)O[C@@H](n2cnc3c(NC(=O)c4ccccc4)ncnc32)[C@H](OC(C)=O)[C@@H]1N=[N+]=[N-]. The number of carbonyl (C=O) groups excluding carboxylic acids is 2. The second kappa shape index (κ2) is 10.1. The van der Waals surface area contributed by atoms with Gasteiger partial charge in [-0.2, -0.15) is 0 Å². The smallest absolute Gasteiger partial charge is 0.303 e. The molecule has 3 aromatic rings. The van der Waals surface area contributed by atoms with E-state index in [1.54, 1.807) is 28.8 Å². The predicted octanol–water partition coefficient (Wildman–Crippen LogP) is 4.17. The highest BCUT2D eigenvalue weighted by Gasteiger charge is 2.56. The van der Waals surface area contributed by atoms with Crippen molar-refractivity contribution in [2.45, 2.75) is 64.0 Å². The first-order chi connectivity index (χ1) is 16.9. The van der Waals surface area contributed by atoms with Gasteiger partial charge in [-0.1, -0.05) is 43.6 Å². The van der Waals surface area contributed by atoms with Crippen LogP contribution < -0.4 is 5.32 Å². The molecule has 12 heteroatoms. The number of carbonyl (C=O) groups is 2. The number of fused-ring (bicyclic) bond motifs is 1. The lowest BCUT2D eigenvalue weighted by Gasteiger charge is -2.31. The molecule has 0 saturated carbocycles. The summed E-state index contributed by atoms with van der Waals surface area (Å²) in [6.45, 7) is 5.24. The van der Waals surface area contributed by atoms with E-state index in [0.29, 0.717) is 29.6 Å². The van der Waals surface area contributed by atoms with Crippen LogP contribution in [0.15, 0.2) is 48.1 Å². The van der Waals surface area contributed by atoms with Gasteiger partial charge in [0.25, 0.3) is 5.91 Å². The number of aromatic nitrogens is 4. The largest absolute Gasteiger partial charge is 0.457 e. The molecule has 0 bridgehead atoms. The Hall–Kier alpha value is -4.02. The number of esters is 1. The number of azide groups is 1. The van der Waals surface area contributed by atoms with Crippen molar-refractivity contribution >= 4 is 28.9 Å². The third kappa shape index (κ3) is 4.53. The van der Waals surface area contributed by atoms with Crippen molar-refractivity contribution in [3.05, 3.63) is 59.0 Å². The summed E-state index contributed by atoms with van der Waals surface area (Å²) in [6.07, 6.45) is 2.96. The summed E-state index contributed by atoms with van der Waals surface area (Å²) in [5, 5.41) is 6.75. The molecule has 4 atom stereocenters. The van der Waals surface area contributed by atoms with Gasteiger partial charge in [0.1, 0.15) is 12.4 Å². The third-order valence-corrected chi connectivity index (χ3v) is 6.14. The van der Waals surface area contributed by atoms with E-state index in [9.17, 15) is 15.1 Å². The monoisotopic (exact) mass is 478 g/mol. The predicted molar refractivity (Wildman–Crippen MR) is 126 cm³/mol. The van der Waals surface area contributed by atoms with Gasteiger partial charge in [0.2, 0.25) is 0 Å². The number of benzene rings is 1. The van der Waals surface area contributed by atoms with Crippen molar-refractivity contribution < 1.29 is 19.1 Å². The number of nitrogens with one attached hydrogen (secondary N) is 1. The number of rotatable bonds is 8. The van der Waals surface area contributed by atoms with Crippen LogP contribution in [0.4, 0.5) is 5.82 Å². The Morgan fingerprint density at radius 3 is 2.69 bits per heavy atom. The fraction of sp³-hybridized carbons (Fsp3) is 0.435. The summed E-state index contributed by atoms with van der Waals surface area (Å²) in [4.78, 5) is 40.6. The van der Waals surface area contributed by atoms with Gasteiger partial charge in [0.05, 0.1) is 11.9 Å². The zero-order valence-corrected chi connectivity index (χ0v) is 19.7. The van der Waals surface area contributed by atoms with Gasteiger partial charge in [-0.3, -0.25) is 14.2 Å². The second-order valence-electron chi connectivity index (χ2n) is 8.27. The van der Waals surface area contributed by atoms with Crippen molar-refractivity contribution in [1.29, 1.82) is 0 Å². The van der Waals surface area contributed by atoms with Crippen LogP contribution in [0.3, 0.4) is 0 Å². The zero-order valence-electron chi connectivity index (χ0n) is 19.7. The lowest BCUT2D eigenvalue weighted by molar-refractivity contribution is -0.154. The topological polar surface area (TPSA) is 157 Å². The Morgan fingerprint density at radius 2 is 2.03 bits per heavy atom. The fourth-order valence-electron chi connectivity index (χ4n) is 4.59.